The Kier molecular flexibility index (Phi) is 9.91. The van der Waals surface area contributed by atoms with Crippen molar-refractivity contribution in [2.24, 2.45) is 0 Å². The van der Waals surface area contributed by atoms with Gasteiger partial charge in [0.1, 0.15) is 11.9 Å². The normalized spacial score (nSPS) is 11.8. The van der Waals surface area contributed by atoms with Crippen LogP contribution in [-0.2, 0) is 19.1 Å². The summed E-state index contributed by atoms with van der Waals surface area (Å²) in [4.78, 5) is 35.9. The second-order valence-electron chi connectivity index (χ2n) is 7.50. The van der Waals surface area contributed by atoms with Gasteiger partial charge in [0, 0.05) is 37.0 Å². The number of carbonyl (C=O) groups is 3. The zero-order valence-electron chi connectivity index (χ0n) is 20.1. The molecule has 1 atom stereocenters. The standard InChI is InChI=1S/C25H32O7/c1-10-15(4)25(28)32-21(12-11-14(2)3)16(5)20-13-22(30-18(7)26)17(6)23(29-9)24(20)31-19(8)27/h10-11,13,21H,5,12H2,1-4,6-9H3. The van der Waals surface area contributed by atoms with Crippen molar-refractivity contribution < 1.29 is 33.3 Å². The zero-order chi connectivity index (χ0) is 24.6. The molecule has 7 nitrogen and oxygen atoms in total. The molecule has 1 unspecified atom stereocenters. The Morgan fingerprint density at radius 1 is 1.03 bits per heavy atom. The lowest BCUT2D eigenvalue weighted by molar-refractivity contribution is -0.141. The number of carbonyl (C=O) groups excluding carboxylic acids is 3. The predicted octanol–water partition coefficient (Wildman–Crippen LogP) is 5.10. The van der Waals surface area contributed by atoms with Crippen molar-refractivity contribution in [3.63, 3.8) is 0 Å². The summed E-state index contributed by atoms with van der Waals surface area (Å²) in [6.45, 7) is 15.6. The lowest BCUT2D eigenvalue weighted by atomic mass is 9.95. The molecular weight excluding hydrogens is 412 g/mol. The Morgan fingerprint density at radius 3 is 2.09 bits per heavy atom. The Labute approximate surface area is 189 Å². The number of benzene rings is 1. The first-order valence-corrected chi connectivity index (χ1v) is 10.2. The lowest BCUT2D eigenvalue weighted by Gasteiger charge is -2.24. The van der Waals surface area contributed by atoms with Crippen LogP contribution >= 0.6 is 0 Å². The van der Waals surface area contributed by atoms with Crippen LogP contribution in [0.25, 0.3) is 5.57 Å². The first-order chi connectivity index (χ1) is 14.9. The topological polar surface area (TPSA) is 88.1 Å². The van der Waals surface area contributed by atoms with Crippen molar-refractivity contribution in [1.29, 1.82) is 0 Å². The van der Waals surface area contributed by atoms with Gasteiger partial charge in [-0.25, -0.2) is 4.79 Å². The third kappa shape index (κ3) is 7.11. The highest BCUT2D eigenvalue weighted by Crippen LogP contribution is 2.44. The van der Waals surface area contributed by atoms with Gasteiger partial charge < -0.3 is 18.9 Å². The summed E-state index contributed by atoms with van der Waals surface area (Å²) in [5, 5.41) is 0. The van der Waals surface area contributed by atoms with Crippen LogP contribution in [0.15, 0.2) is 35.9 Å². The van der Waals surface area contributed by atoms with Gasteiger partial charge in [0.2, 0.25) is 0 Å². The van der Waals surface area contributed by atoms with E-state index in [4.69, 9.17) is 18.9 Å². The van der Waals surface area contributed by atoms with Crippen LogP contribution in [0.5, 0.6) is 17.2 Å². The number of methoxy groups -OCH3 is 1. The summed E-state index contributed by atoms with van der Waals surface area (Å²) in [5.74, 6) is -1.04. The number of hydrogen-bond acceptors (Lipinski definition) is 7. The molecule has 7 heteroatoms. The van der Waals surface area contributed by atoms with Crippen molar-refractivity contribution in [3.05, 3.63) is 47.1 Å². The molecule has 0 spiro atoms. The fraction of sp³-hybridized carbons (Fsp3) is 0.400. The fourth-order valence-electron chi connectivity index (χ4n) is 2.82. The maximum atomic E-state index is 12.5. The van der Waals surface area contributed by atoms with Crippen molar-refractivity contribution in [2.45, 2.75) is 61.0 Å². The molecule has 0 N–H and O–H groups in total. The van der Waals surface area contributed by atoms with Gasteiger partial charge in [0.25, 0.3) is 0 Å². The summed E-state index contributed by atoms with van der Waals surface area (Å²) in [5.41, 5.74) is 2.64. The molecule has 0 amide bonds. The van der Waals surface area contributed by atoms with Gasteiger partial charge in [0.15, 0.2) is 11.5 Å². The van der Waals surface area contributed by atoms with E-state index < -0.39 is 24.0 Å². The molecule has 0 fully saturated rings. The lowest BCUT2D eigenvalue weighted by Crippen LogP contribution is -2.21. The first-order valence-electron chi connectivity index (χ1n) is 10.2. The largest absolute Gasteiger partial charge is 0.492 e. The van der Waals surface area contributed by atoms with E-state index in [0.29, 0.717) is 28.7 Å². The van der Waals surface area contributed by atoms with Crippen LogP contribution in [-0.4, -0.2) is 31.1 Å². The minimum absolute atomic E-state index is 0.111. The van der Waals surface area contributed by atoms with Gasteiger partial charge in [0.05, 0.1) is 7.11 Å². The highest BCUT2D eigenvalue weighted by Gasteiger charge is 2.27. The van der Waals surface area contributed by atoms with Crippen LogP contribution in [0.4, 0.5) is 0 Å². The zero-order valence-corrected chi connectivity index (χ0v) is 20.1. The smallest absolute Gasteiger partial charge is 0.333 e. The van der Waals surface area contributed by atoms with E-state index >= 15 is 0 Å². The third-order valence-corrected chi connectivity index (χ3v) is 4.62. The number of hydrogen-bond donors (Lipinski definition) is 0. The molecule has 0 saturated carbocycles. The third-order valence-electron chi connectivity index (χ3n) is 4.62. The van der Waals surface area contributed by atoms with Gasteiger partial charge in [-0.1, -0.05) is 24.3 Å². The maximum Gasteiger partial charge on any atom is 0.333 e. The summed E-state index contributed by atoms with van der Waals surface area (Å²) < 4.78 is 22.0. The van der Waals surface area contributed by atoms with E-state index in [1.165, 1.54) is 27.0 Å². The summed E-state index contributed by atoms with van der Waals surface area (Å²) >= 11 is 0. The second kappa shape index (κ2) is 11.9. The molecule has 1 aromatic carbocycles. The number of allylic oxidation sites excluding steroid dienone is 2. The van der Waals surface area contributed by atoms with Crippen LogP contribution < -0.4 is 14.2 Å². The average Bonchev–Trinajstić information content (AvgIpc) is 2.71. The molecule has 0 heterocycles. The number of ether oxygens (including phenoxy) is 4. The highest BCUT2D eigenvalue weighted by molar-refractivity contribution is 5.89. The van der Waals surface area contributed by atoms with E-state index in [2.05, 4.69) is 6.58 Å². The fourth-order valence-corrected chi connectivity index (χ4v) is 2.82. The summed E-state index contributed by atoms with van der Waals surface area (Å²) in [6.07, 6.45) is 3.15. The Balaban J connectivity index is 3.70. The van der Waals surface area contributed by atoms with Crippen LogP contribution in [0, 0.1) is 6.92 Å². The van der Waals surface area contributed by atoms with Gasteiger partial charge in [-0.2, -0.15) is 0 Å². The van der Waals surface area contributed by atoms with Crippen molar-refractivity contribution >= 4 is 23.5 Å². The molecule has 174 valence electrons. The molecule has 1 rings (SSSR count). The van der Waals surface area contributed by atoms with Gasteiger partial charge >= 0.3 is 17.9 Å². The number of rotatable bonds is 9. The SMILES string of the molecule is C=C(c1cc(OC(C)=O)c(C)c(OC)c1OC(C)=O)C(CC=C(C)C)OC(=O)C(C)=CC. The van der Waals surface area contributed by atoms with Crippen molar-refractivity contribution in [2.75, 3.05) is 7.11 Å². The monoisotopic (exact) mass is 444 g/mol. The Hall–Kier alpha value is -3.35. The van der Waals surface area contributed by atoms with Crippen molar-refractivity contribution in [1.82, 2.24) is 0 Å². The van der Waals surface area contributed by atoms with Crippen molar-refractivity contribution in [3.8, 4) is 17.2 Å². The van der Waals surface area contributed by atoms with E-state index in [1.54, 1.807) is 26.8 Å². The summed E-state index contributed by atoms with van der Waals surface area (Å²) in [6, 6.07) is 1.53. The van der Waals surface area contributed by atoms with Crippen LogP contribution in [0.3, 0.4) is 0 Å². The average molecular weight is 445 g/mol. The first kappa shape index (κ1) is 26.7. The van der Waals surface area contributed by atoms with E-state index in [0.717, 1.165) is 5.57 Å². The molecule has 1 aromatic rings. The second-order valence-corrected chi connectivity index (χ2v) is 7.50. The van der Waals surface area contributed by atoms with E-state index in [9.17, 15) is 14.4 Å². The molecule has 32 heavy (non-hydrogen) atoms. The van der Waals surface area contributed by atoms with Crippen LogP contribution in [0.2, 0.25) is 0 Å². The Bertz CT molecular complexity index is 963. The molecule has 0 aliphatic rings. The van der Waals surface area contributed by atoms with Gasteiger partial charge in [-0.05, 0) is 46.3 Å². The quantitative estimate of drug-likeness (QED) is 0.226. The van der Waals surface area contributed by atoms with Gasteiger partial charge in [-0.3, -0.25) is 9.59 Å². The molecule has 0 aliphatic carbocycles. The Morgan fingerprint density at radius 2 is 1.62 bits per heavy atom. The minimum atomic E-state index is -0.765. The van der Waals surface area contributed by atoms with Crippen LogP contribution in [0.1, 0.15) is 59.1 Å². The minimum Gasteiger partial charge on any atom is -0.492 e. The van der Waals surface area contributed by atoms with E-state index in [-0.39, 0.29) is 17.2 Å². The molecule has 0 aromatic heterocycles. The predicted molar refractivity (Wildman–Crippen MR) is 123 cm³/mol. The molecule has 0 bridgehead atoms. The number of esters is 3. The van der Waals surface area contributed by atoms with Gasteiger partial charge in [-0.15, -0.1) is 0 Å². The maximum absolute atomic E-state index is 12.5. The molecular formula is C25H32O7. The summed E-state index contributed by atoms with van der Waals surface area (Å²) in [7, 11) is 1.41. The highest BCUT2D eigenvalue weighted by atomic mass is 16.6. The van der Waals surface area contributed by atoms with E-state index in [1.807, 2.05) is 19.9 Å². The molecule has 0 radical (unpaired) electrons. The molecule has 0 aliphatic heterocycles. The molecule has 0 saturated heterocycles.